The molecular weight excluding hydrogens is 537 g/mol. The molecule has 2 atom stereocenters. The van der Waals surface area contributed by atoms with Crippen LogP contribution < -0.4 is 23.2 Å². The van der Waals surface area contributed by atoms with Crippen molar-refractivity contribution in [2.24, 2.45) is 0 Å². The first kappa shape index (κ1) is 28.4. The zero-order valence-corrected chi connectivity index (χ0v) is 22.2. The summed E-state index contributed by atoms with van der Waals surface area (Å²) in [6.45, 7) is 0. The number of halogens is 2. The summed E-state index contributed by atoms with van der Waals surface area (Å²) in [5.74, 6) is 0. The van der Waals surface area contributed by atoms with Gasteiger partial charge in [0.2, 0.25) is 11.7 Å². The lowest BCUT2D eigenvalue weighted by Gasteiger charge is -2.22. The van der Waals surface area contributed by atoms with Crippen LogP contribution in [0.1, 0.15) is 23.3 Å². The van der Waals surface area contributed by atoms with Gasteiger partial charge < -0.3 is 5.11 Å². The van der Waals surface area contributed by atoms with E-state index in [9.17, 15) is 5.11 Å². The standard InChI is InChI=1S/C31H25ClNO.ClHO4/c32-28-19-11-10-18-27(28)31(34)30(25-16-8-3-9-17-25)33-21-20-26(23-12-4-1-5-13-23)22-29(33)24-14-6-2-7-15-24;2-1(3,4)5/h1-22,30-31,34H;(H,2,3,4,5)/q+1;/p-1. The molecule has 1 N–H and O–H groups in total. The van der Waals surface area contributed by atoms with Crippen molar-refractivity contribution in [3.8, 4) is 22.4 Å². The van der Waals surface area contributed by atoms with Gasteiger partial charge in [0, 0.05) is 33.8 Å². The molecule has 0 saturated heterocycles. The molecule has 0 aliphatic rings. The van der Waals surface area contributed by atoms with Crippen LogP contribution in [0.2, 0.25) is 5.02 Å². The number of hydrogen-bond acceptors (Lipinski definition) is 5. The first-order valence-electron chi connectivity index (χ1n) is 12.0. The van der Waals surface area contributed by atoms with Crippen LogP contribution in [-0.4, -0.2) is 5.11 Å². The van der Waals surface area contributed by atoms with Gasteiger partial charge in [0.15, 0.2) is 6.20 Å². The molecule has 0 radical (unpaired) electrons. The Morgan fingerprint density at radius 2 is 1.10 bits per heavy atom. The molecule has 6 nitrogen and oxygen atoms in total. The van der Waals surface area contributed by atoms with Gasteiger partial charge in [-0.05, 0) is 29.3 Å². The summed E-state index contributed by atoms with van der Waals surface area (Å²) in [7, 11) is -4.94. The van der Waals surface area contributed by atoms with E-state index in [1.54, 1.807) is 0 Å². The Kier molecular flexibility index (Phi) is 9.45. The summed E-state index contributed by atoms with van der Waals surface area (Å²) in [6.07, 6.45) is 1.23. The molecule has 4 aromatic carbocycles. The molecule has 5 aromatic rings. The van der Waals surface area contributed by atoms with Crippen LogP contribution in [0.4, 0.5) is 0 Å². The zero-order chi connectivity index (χ0) is 27.8. The van der Waals surface area contributed by atoms with Crippen molar-refractivity contribution >= 4 is 11.6 Å². The Hall–Kier alpha value is -3.59. The van der Waals surface area contributed by atoms with Crippen LogP contribution in [0, 0.1) is 10.2 Å². The predicted octanol–water partition coefficient (Wildman–Crippen LogP) is 2.53. The molecule has 0 amide bonds. The third-order valence-electron chi connectivity index (χ3n) is 6.13. The van der Waals surface area contributed by atoms with Gasteiger partial charge in [0.05, 0.1) is 0 Å². The number of aliphatic hydroxyl groups is 1. The molecule has 198 valence electrons. The molecule has 39 heavy (non-hydrogen) atoms. The Morgan fingerprint density at radius 1 is 0.615 bits per heavy atom. The second-order valence-electron chi connectivity index (χ2n) is 8.64. The summed E-state index contributed by atoms with van der Waals surface area (Å²) in [5.41, 5.74) is 6.07. The third-order valence-corrected chi connectivity index (χ3v) is 6.47. The van der Waals surface area contributed by atoms with Crippen molar-refractivity contribution in [3.63, 3.8) is 0 Å². The fourth-order valence-corrected chi connectivity index (χ4v) is 4.68. The highest BCUT2D eigenvalue weighted by atomic mass is 35.7. The van der Waals surface area contributed by atoms with E-state index in [4.69, 9.17) is 30.2 Å². The normalized spacial score (nSPS) is 12.7. The van der Waals surface area contributed by atoms with Gasteiger partial charge in [0.25, 0.3) is 0 Å². The Morgan fingerprint density at radius 3 is 1.67 bits per heavy atom. The van der Waals surface area contributed by atoms with Gasteiger partial charge in [-0.3, -0.25) is 0 Å². The maximum absolute atomic E-state index is 11.7. The average Bonchev–Trinajstić information content (AvgIpc) is 2.94. The van der Waals surface area contributed by atoms with Crippen molar-refractivity contribution in [3.05, 3.63) is 150 Å². The number of hydrogen-bond donors (Lipinski definition) is 1. The van der Waals surface area contributed by atoms with Gasteiger partial charge in [0.1, 0.15) is 6.10 Å². The van der Waals surface area contributed by atoms with E-state index in [-0.39, 0.29) is 6.04 Å². The molecular formula is C31H25Cl2NO5. The third kappa shape index (κ3) is 7.72. The smallest absolute Gasteiger partial charge is 0.213 e. The van der Waals surface area contributed by atoms with Crippen LogP contribution >= 0.6 is 11.6 Å². The summed E-state index contributed by atoms with van der Waals surface area (Å²) >= 11 is 6.53. The second-order valence-corrected chi connectivity index (χ2v) is 9.80. The summed E-state index contributed by atoms with van der Waals surface area (Å²) in [4.78, 5) is 0. The highest BCUT2D eigenvalue weighted by Crippen LogP contribution is 2.35. The quantitative estimate of drug-likeness (QED) is 0.320. The Bertz CT molecular complexity index is 1470. The first-order chi connectivity index (χ1) is 18.7. The highest BCUT2D eigenvalue weighted by Gasteiger charge is 2.35. The van der Waals surface area contributed by atoms with E-state index in [2.05, 4.69) is 59.3 Å². The summed E-state index contributed by atoms with van der Waals surface area (Å²) in [6, 6.07) is 42.2. The van der Waals surface area contributed by atoms with Crippen LogP contribution in [-0.2, 0) is 0 Å². The van der Waals surface area contributed by atoms with E-state index in [1.807, 2.05) is 78.9 Å². The predicted molar refractivity (Wildman–Crippen MR) is 139 cm³/mol. The molecule has 2 unspecified atom stereocenters. The minimum absolute atomic E-state index is 0.374. The topological polar surface area (TPSA) is 116 Å². The van der Waals surface area contributed by atoms with Gasteiger partial charge in [-0.1, -0.05) is 109 Å². The van der Waals surface area contributed by atoms with Gasteiger partial charge in [-0.25, -0.2) is 18.6 Å². The number of aromatic nitrogens is 1. The van der Waals surface area contributed by atoms with Crippen molar-refractivity contribution in [1.82, 2.24) is 0 Å². The number of nitrogens with zero attached hydrogens (tertiary/aromatic N) is 1. The van der Waals surface area contributed by atoms with Crippen molar-refractivity contribution in [1.29, 1.82) is 0 Å². The van der Waals surface area contributed by atoms with Crippen LogP contribution in [0.3, 0.4) is 0 Å². The van der Waals surface area contributed by atoms with Crippen molar-refractivity contribution in [2.75, 3.05) is 0 Å². The molecule has 0 aliphatic carbocycles. The average molecular weight is 562 g/mol. The summed E-state index contributed by atoms with van der Waals surface area (Å²) in [5, 5.41) is 12.3. The number of aliphatic hydroxyl groups excluding tert-OH is 1. The number of benzene rings is 4. The maximum atomic E-state index is 11.7. The highest BCUT2D eigenvalue weighted by molar-refractivity contribution is 6.31. The van der Waals surface area contributed by atoms with Crippen molar-refractivity contribution < 1.29 is 38.6 Å². The largest absolute Gasteiger partial charge is 0.381 e. The molecule has 0 fully saturated rings. The molecule has 0 bridgehead atoms. The summed E-state index contributed by atoms with van der Waals surface area (Å²) < 4.78 is 36.1. The Balaban J connectivity index is 0.000000648. The minimum Gasteiger partial charge on any atom is -0.381 e. The van der Waals surface area contributed by atoms with Crippen LogP contribution in [0.25, 0.3) is 22.4 Å². The minimum atomic E-state index is -4.94. The molecule has 1 aromatic heterocycles. The second kappa shape index (κ2) is 13.0. The van der Waals surface area contributed by atoms with E-state index in [1.165, 1.54) is 0 Å². The van der Waals surface area contributed by atoms with Gasteiger partial charge >= 0.3 is 0 Å². The fourth-order valence-electron chi connectivity index (χ4n) is 4.44. The molecule has 5 rings (SSSR count). The van der Waals surface area contributed by atoms with Crippen molar-refractivity contribution in [2.45, 2.75) is 12.1 Å². The van der Waals surface area contributed by atoms with Gasteiger partial charge in [-0.15, -0.1) is 10.2 Å². The zero-order valence-electron chi connectivity index (χ0n) is 20.6. The lowest BCUT2D eigenvalue weighted by Crippen LogP contribution is -2.68. The van der Waals surface area contributed by atoms with Crippen LogP contribution in [0.5, 0.6) is 0 Å². The number of pyridine rings is 1. The molecule has 8 heteroatoms. The fraction of sp³-hybridized carbons (Fsp3) is 0.0645. The van der Waals surface area contributed by atoms with Crippen LogP contribution in [0.15, 0.2) is 134 Å². The maximum Gasteiger partial charge on any atom is 0.213 e. The van der Waals surface area contributed by atoms with E-state index < -0.39 is 16.3 Å². The lowest BCUT2D eigenvalue weighted by atomic mass is 9.93. The molecule has 0 spiro atoms. The molecule has 0 saturated carbocycles. The SMILES string of the molecule is OC(c1ccccc1Cl)C(c1ccccc1)[n+]1ccc(-c2ccccc2)cc1-c1ccccc1.[O-][Cl+3]([O-])([O-])[O-]. The van der Waals surface area contributed by atoms with E-state index in [0.717, 1.165) is 27.9 Å². The first-order valence-corrected chi connectivity index (χ1v) is 13.6. The van der Waals surface area contributed by atoms with Gasteiger partial charge in [-0.2, -0.15) is 4.57 Å². The lowest BCUT2D eigenvalue weighted by molar-refractivity contribution is -2.00. The number of rotatable bonds is 6. The van der Waals surface area contributed by atoms with E-state index in [0.29, 0.717) is 10.6 Å². The Labute approximate surface area is 234 Å². The molecule has 0 aliphatic heterocycles. The molecule has 1 heterocycles. The monoisotopic (exact) mass is 561 g/mol. The van der Waals surface area contributed by atoms with E-state index >= 15 is 0 Å².